The van der Waals surface area contributed by atoms with Crippen LogP contribution in [0.1, 0.15) is 6.42 Å². The van der Waals surface area contributed by atoms with Crippen LogP contribution in [-0.2, 0) is 4.79 Å². The number of carbonyl (C=O) groups excluding carboxylic acids is 1. The smallest absolute Gasteiger partial charge is 0.351 e. The molecule has 0 radical (unpaired) electrons. The SMILES string of the molecule is O=C(NCCCI)C(F)(F)C(F)F. The summed E-state index contributed by atoms with van der Waals surface area (Å²) in [6.45, 7) is -0.00984. The molecule has 0 atom stereocenters. The first-order chi connectivity index (χ1) is 5.92. The monoisotopic (exact) mass is 313 g/mol. The van der Waals surface area contributed by atoms with Gasteiger partial charge in [0.15, 0.2) is 0 Å². The normalized spacial score (nSPS) is 11.8. The van der Waals surface area contributed by atoms with E-state index in [9.17, 15) is 22.4 Å². The minimum absolute atomic E-state index is 0.00984. The average molecular weight is 313 g/mol. The maximum atomic E-state index is 12.2. The van der Waals surface area contributed by atoms with Gasteiger partial charge in [-0.2, -0.15) is 8.78 Å². The highest BCUT2D eigenvalue weighted by Gasteiger charge is 2.48. The van der Waals surface area contributed by atoms with E-state index in [1.54, 1.807) is 5.32 Å². The van der Waals surface area contributed by atoms with E-state index in [-0.39, 0.29) is 6.54 Å². The minimum atomic E-state index is -4.58. The van der Waals surface area contributed by atoms with Gasteiger partial charge in [-0.25, -0.2) is 8.78 Å². The zero-order valence-corrected chi connectivity index (χ0v) is 8.65. The van der Waals surface area contributed by atoms with Crippen LogP contribution in [0.2, 0.25) is 0 Å². The van der Waals surface area contributed by atoms with Gasteiger partial charge < -0.3 is 5.32 Å². The van der Waals surface area contributed by atoms with Crippen LogP contribution < -0.4 is 5.32 Å². The van der Waals surface area contributed by atoms with Crippen LogP contribution >= 0.6 is 22.6 Å². The average Bonchev–Trinajstić information content (AvgIpc) is 2.04. The lowest BCUT2D eigenvalue weighted by Gasteiger charge is -2.14. The standard InChI is InChI=1S/C6H8F4INO/c7-4(8)6(9,10)5(13)12-3-1-2-11/h4H,1-3H2,(H,12,13). The maximum absolute atomic E-state index is 12.2. The van der Waals surface area contributed by atoms with Crippen molar-refractivity contribution in [3.63, 3.8) is 0 Å². The highest BCUT2D eigenvalue weighted by Crippen LogP contribution is 2.22. The number of amides is 1. The Morgan fingerprint density at radius 1 is 1.46 bits per heavy atom. The van der Waals surface area contributed by atoms with E-state index >= 15 is 0 Å². The summed E-state index contributed by atoms with van der Waals surface area (Å²) in [4.78, 5) is 10.4. The highest BCUT2D eigenvalue weighted by atomic mass is 127. The second-order valence-electron chi connectivity index (χ2n) is 2.22. The van der Waals surface area contributed by atoms with Crippen molar-refractivity contribution in [3.05, 3.63) is 0 Å². The van der Waals surface area contributed by atoms with Crippen molar-refractivity contribution in [2.45, 2.75) is 18.8 Å². The molecule has 0 aromatic carbocycles. The molecule has 13 heavy (non-hydrogen) atoms. The number of carbonyl (C=O) groups is 1. The first-order valence-electron chi connectivity index (χ1n) is 3.43. The second-order valence-corrected chi connectivity index (χ2v) is 3.30. The van der Waals surface area contributed by atoms with Crippen molar-refractivity contribution in [3.8, 4) is 0 Å². The van der Waals surface area contributed by atoms with Crippen molar-refractivity contribution in [1.29, 1.82) is 0 Å². The molecule has 0 heterocycles. The fourth-order valence-corrected chi connectivity index (χ4v) is 0.867. The van der Waals surface area contributed by atoms with Crippen LogP contribution in [0.15, 0.2) is 0 Å². The predicted molar refractivity (Wildman–Crippen MR) is 47.5 cm³/mol. The van der Waals surface area contributed by atoms with E-state index in [0.717, 1.165) is 0 Å². The Labute approximate surface area is 86.2 Å². The molecule has 0 bridgehead atoms. The van der Waals surface area contributed by atoms with Gasteiger partial charge in [0.05, 0.1) is 0 Å². The van der Waals surface area contributed by atoms with Crippen molar-refractivity contribution >= 4 is 28.5 Å². The number of hydrogen-bond donors (Lipinski definition) is 1. The maximum Gasteiger partial charge on any atom is 0.383 e. The number of alkyl halides is 5. The van der Waals surface area contributed by atoms with E-state index < -0.39 is 18.3 Å². The molecule has 1 amide bonds. The summed E-state index contributed by atoms with van der Waals surface area (Å²) >= 11 is 1.98. The van der Waals surface area contributed by atoms with Gasteiger partial charge in [0.2, 0.25) is 0 Å². The lowest BCUT2D eigenvalue weighted by Crippen LogP contribution is -2.45. The van der Waals surface area contributed by atoms with Gasteiger partial charge in [-0.05, 0) is 6.42 Å². The van der Waals surface area contributed by atoms with Crippen molar-refractivity contribution in [1.82, 2.24) is 5.32 Å². The summed E-state index contributed by atoms with van der Waals surface area (Å²) in [6.07, 6.45) is -3.47. The molecule has 0 aliphatic heterocycles. The Hall–Kier alpha value is -0.0800. The fraction of sp³-hybridized carbons (Fsp3) is 0.833. The molecule has 0 aliphatic carbocycles. The van der Waals surface area contributed by atoms with Crippen molar-refractivity contribution < 1.29 is 22.4 Å². The molecular weight excluding hydrogens is 305 g/mol. The summed E-state index contributed by atoms with van der Waals surface area (Å²) in [5.74, 6) is -6.49. The van der Waals surface area contributed by atoms with E-state index in [0.29, 0.717) is 10.8 Å². The lowest BCUT2D eigenvalue weighted by atomic mass is 10.3. The molecule has 0 aliphatic rings. The fourth-order valence-electron chi connectivity index (χ4n) is 0.486. The predicted octanol–water partition coefficient (Wildman–Crippen LogP) is 1.83. The molecule has 78 valence electrons. The Morgan fingerprint density at radius 2 is 2.00 bits per heavy atom. The van der Waals surface area contributed by atoms with Crippen molar-refractivity contribution in [2.24, 2.45) is 0 Å². The summed E-state index contributed by atoms with van der Waals surface area (Å²) in [5.41, 5.74) is 0. The molecular formula is C6H8F4INO. The van der Waals surface area contributed by atoms with E-state index in [1.807, 2.05) is 22.6 Å². The summed E-state index contributed by atoms with van der Waals surface area (Å²) < 4.78 is 48.2. The van der Waals surface area contributed by atoms with Crippen LogP contribution in [0.5, 0.6) is 0 Å². The molecule has 0 fully saturated rings. The number of halogens is 5. The second kappa shape index (κ2) is 5.61. The Balaban J connectivity index is 3.95. The number of rotatable bonds is 5. The first-order valence-corrected chi connectivity index (χ1v) is 4.95. The Bertz CT molecular complexity index is 176. The van der Waals surface area contributed by atoms with Gasteiger partial charge in [-0.15, -0.1) is 0 Å². The van der Waals surface area contributed by atoms with E-state index in [2.05, 4.69) is 0 Å². The zero-order chi connectivity index (χ0) is 10.5. The number of nitrogens with one attached hydrogen (secondary N) is 1. The molecule has 1 N–H and O–H groups in total. The highest BCUT2D eigenvalue weighted by molar-refractivity contribution is 14.1. The Morgan fingerprint density at radius 3 is 2.38 bits per heavy atom. The van der Waals surface area contributed by atoms with E-state index in [4.69, 9.17) is 0 Å². The van der Waals surface area contributed by atoms with Gasteiger partial charge in [0, 0.05) is 11.0 Å². The summed E-state index contributed by atoms with van der Waals surface area (Å²) in [7, 11) is 0. The third-order valence-corrected chi connectivity index (χ3v) is 1.94. The van der Waals surface area contributed by atoms with Crippen LogP contribution in [0.3, 0.4) is 0 Å². The topological polar surface area (TPSA) is 29.1 Å². The molecule has 2 nitrogen and oxygen atoms in total. The van der Waals surface area contributed by atoms with Gasteiger partial charge >= 0.3 is 12.3 Å². The molecule has 0 spiro atoms. The van der Waals surface area contributed by atoms with Gasteiger partial charge in [0.1, 0.15) is 0 Å². The van der Waals surface area contributed by atoms with Crippen LogP contribution in [0.4, 0.5) is 17.6 Å². The zero-order valence-electron chi connectivity index (χ0n) is 6.50. The molecule has 0 rings (SSSR count). The molecule has 7 heteroatoms. The molecule has 0 aromatic heterocycles. The lowest BCUT2D eigenvalue weighted by molar-refractivity contribution is -0.169. The first kappa shape index (κ1) is 12.9. The van der Waals surface area contributed by atoms with Gasteiger partial charge in [-0.3, -0.25) is 4.79 Å². The third kappa shape index (κ3) is 4.10. The number of hydrogen-bond acceptors (Lipinski definition) is 1. The molecule has 0 saturated heterocycles. The van der Waals surface area contributed by atoms with Crippen LogP contribution in [0.25, 0.3) is 0 Å². The van der Waals surface area contributed by atoms with Crippen LogP contribution in [-0.4, -0.2) is 29.2 Å². The van der Waals surface area contributed by atoms with Gasteiger partial charge in [0.25, 0.3) is 5.91 Å². The summed E-state index contributed by atoms with van der Waals surface area (Å²) in [5, 5.41) is 1.73. The van der Waals surface area contributed by atoms with E-state index in [1.165, 1.54) is 0 Å². The van der Waals surface area contributed by atoms with Crippen molar-refractivity contribution in [2.75, 3.05) is 11.0 Å². The summed E-state index contributed by atoms with van der Waals surface area (Å²) in [6, 6.07) is 0. The molecule has 0 unspecified atom stereocenters. The minimum Gasteiger partial charge on any atom is -0.351 e. The molecule has 0 aromatic rings. The Kier molecular flexibility index (Phi) is 5.57. The third-order valence-electron chi connectivity index (χ3n) is 1.17. The van der Waals surface area contributed by atoms with Crippen LogP contribution in [0, 0.1) is 0 Å². The van der Waals surface area contributed by atoms with Gasteiger partial charge in [-0.1, -0.05) is 22.6 Å². The largest absolute Gasteiger partial charge is 0.383 e. The molecule has 0 saturated carbocycles. The quantitative estimate of drug-likeness (QED) is 0.357.